The molecule has 0 saturated heterocycles. The molecule has 0 radical (unpaired) electrons. The highest BCUT2D eigenvalue weighted by Crippen LogP contribution is 2.38. The summed E-state index contributed by atoms with van der Waals surface area (Å²) in [4.78, 5) is 20.4. The van der Waals surface area contributed by atoms with Crippen LogP contribution in [0.15, 0.2) is 42.5 Å². The quantitative estimate of drug-likeness (QED) is 0.335. The monoisotopic (exact) mass is 568 g/mol. The Morgan fingerprint density at radius 2 is 1.55 bits per heavy atom. The number of carboxylic acid groups (broad SMARTS) is 2. The van der Waals surface area contributed by atoms with Crippen molar-refractivity contribution in [3.8, 4) is 23.3 Å². The zero-order chi connectivity index (χ0) is 30.5. The molecular formula is C28H35F3N2O7. The molecule has 12 heteroatoms. The van der Waals surface area contributed by atoms with E-state index in [1.165, 1.54) is 18.2 Å². The van der Waals surface area contributed by atoms with Gasteiger partial charge in [-0.15, -0.1) is 13.2 Å². The van der Waals surface area contributed by atoms with Crippen molar-refractivity contribution in [2.75, 3.05) is 34.4 Å². The molecule has 0 aliphatic rings. The van der Waals surface area contributed by atoms with Crippen LogP contribution in [0.3, 0.4) is 0 Å². The molecule has 0 fully saturated rings. The topological polar surface area (TPSA) is 129 Å². The molecule has 2 aromatic rings. The first-order chi connectivity index (χ1) is 18.7. The minimum absolute atomic E-state index is 0.0896. The summed E-state index contributed by atoms with van der Waals surface area (Å²) in [6, 6.07) is 14.0. The first-order valence-electron chi connectivity index (χ1n) is 12.3. The third-order valence-electron chi connectivity index (χ3n) is 6.26. The second kappa shape index (κ2) is 15.6. The molecule has 1 atom stereocenters. The molecule has 2 aromatic carbocycles. The Balaban J connectivity index is 0.00000120. The molecule has 0 aromatic heterocycles. The molecule has 2 N–H and O–H groups in total. The molecule has 1 unspecified atom stereocenters. The standard InChI is InChI=1S/C26H33F3N2O3.C2H2O4/c1-19(2)25(18-30,21-8-6-9-22(16-21)34-26(27,28)29)11-7-12-31(3)13-10-20-14-23(32-4)17-24(15-20)33-5;3-1(4)2(5)6/h6,8-9,14-17,19H,7,10-13H2,1-5H3;(H,3,4)(H,5,6). The van der Waals surface area contributed by atoms with Crippen LogP contribution < -0.4 is 14.2 Å². The number of carboxylic acids is 2. The normalized spacial score (nSPS) is 12.5. The minimum Gasteiger partial charge on any atom is -0.497 e. The van der Waals surface area contributed by atoms with Crippen molar-refractivity contribution < 1.29 is 47.2 Å². The van der Waals surface area contributed by atoms with E-state index < -0.39 is 23.7 Å². The molecule has 0 aliphatic heterocycles. The van der Waals surface area contributed by atoms with Crippen LogP contribution in [0.25, 0.3) is 0 Å². The van der Waals surface area contributed by atoms with Gasteiger partial charge in [-0.05, 0) is 74.2 Å². The number of hydrogen-bond acceptors (Lipinski definition) is 7. The summed E-state index contributed by atoms with van der Waals surface area (Å²) in [7, 11) is 5.25. The number of likely N-dealkylation sites (N-methyl/N-ethyl adjacent to an activating group) is 1. The molecule has 40 heavy (non-hydrogen) atoms. The lowest BCUT2D eigenvalue weighted by Crippen LogP contribution is -2.32. The number of ether oxygens (including phenoxy) is 3. The minimum atomic E-state index is -4.78. The van der Waals surface area contributed by atoms with Gasteiger partial charge in [0, 0.05) is 12.6 Å². The maximum atomic E-state index is 12.7. The van der Waals surface area contributed by atoms with Crippen molar-refractivity contribution in [1.82, 2.24) is 4.90 Å². The number of rotatable bonds is 12. The third-order valence-corrected chi connectivity index (χ3v) is 6.26. The number of halogens is 3. The molecule has 0 bridgehead atoms. The average molecular weight is 569 g/mol. The summed E-state index contributed by atoms with van der Waals surface area (Å²) in [6.07, 6.45) is -2.74. The van der Waals surface area contributed by atoms with E-state index in [1.807, 2.05) is 39.1 Å². The van der Waals surface area contributed by atoms with Gasteiger partial charge in [0.1, 0.15) is 17.2 Å². The van der Waals surface area contributed by atoms with Crippen molar-refractivity contribution in [3.05, 3.63) is 53.6 Å². The first-order valence-corrected chi connectivity index (χ1v) is 12.3. The van der Waals surface area contributed by atoms with Gasteiger partial charge < -0.3 is 29.3 Å². The number of alkyl halides is 3. The number of nitrogens with zero attached hydrogens (tertiary/aromatic N) is 2. The van der Waals surface area contributed by atoms with Gasteiger partial charge in [-0.3, -0.25) is 0 Å². The number of carbonyl (C=O) groups is 2. The van der Waals surface area contributed by atoms with Crippen LogP contribution in [0.2, 0.25) is 0 Å². The summed E-state index contributed by atoms with van der Waals surface area (Å²) < 4.78 is 52.7. The smallest absolute Gasteiger partial charge is 0.497 e. The van der Waals surface area contributed by atoms with Gasteiger partial charge in [-0.1, -0.05) is 26.0 Å². The van der Waals surface area contributed by atoms with Crippen molar-refractivity contribution in [3.63, 3.8) is 0 Å². The SMILES string of the molecule is COc1cc(CCN(C)CCCC(C#N)(c2cccc(OC(F)(F)F)c2)C(C)C)cc(OC)c1.O=C(O)C(=O)O. The van der Waals surface area contributed by atoms with Crippen molar-refractivity contribution in [2.45, 2.75) is 44.9 Å². The van der Waals surface area contributed by atoms with E-state index in [9.17, 15) is 18.4 Å². The van der Waals surface area contributed by atoms with E-state index >= 15 is 0 Å². The number of nitriles is 1. The van der Waals surface area contributed by atoms with E-state index in [0.717, 1.165) is 36.6 Å². The Morgan fingerprint density at radius 1 is 0.975 bits per heavy atom. The first kappa shape index (κ1) is 34.0. The highest BCUT2D eigenvalue weighted by atomic mass is 19.4. The average Bonchev–Trinajstić information content (AvgIpc) is 2.89. The van der Waals surface area contributed by atoms with Crippen LogP contribution >= 0.6 is 0 Å². The van der Waals surface area contributed by atoms with Crippen molar-refractivity contribution in [2.24, 2.45) is 5.92 Å². The number of benzene rings is 2. The van der Waals surface area contributed by atoms with Gasteiger partial charge in [0.25, 0.3) is 0 Å². The van der Waals surface area contributed by atoms with Gasteiger partial charge in [0.2, 0.25) is 0 Å². The van der Waals surface area contributed by atoms with E-state index in [2.05, 4.69) is 15.7 Å². The molecule has 0 saturated carbocycles. The van der Waals surface area contributed by atoms with Crippen molar-refractivity contribution >= 4 is 11.9 Å². The molecule has 9 nitrogen and oxygen atoms in total. The lowest BCUT2D eigenvalue weighted by molar-refractivity contribution is -0.274. The predicted molar refractivity (Wildman–Crippen MR) is 141 cm³/mol. The number of aliphatic carboxylic acids is 2. The second-order valence-electron chi connectivity index (χ2n) is 9.30. The van der Waals surface area contributed by atoms with Gasteiger partial charge >= 0.3 is 18.3 Å². The molecular weight excluding hydrogens is 533 g/mol. The summed E-state index contributed by atoms with van der Waals surface area (Å²) >= 11 is 0. The van der Waals surface area contributed by atoms with Crippen LogP contribution in [-0.4, -0.2) is 67.8 Å². The van der Waals surface area contributed by atoms with Gasteiger partial charge in [-0.25, -0.2) is 9.59 Å². The maximum Gasteiger partial charge on any atom is 0.573 e. The van der Waals surface area contributed by atoms with E-state index in [1.54, 1.807) is 20.3 Å². The summed E-state index contributed by atoms with van der Waals surface area (Å²) in [6.45, 7) is 5.38. The van der Waals surface area contributed by atoms with E-state index in [-0.39, 0.29) is 11.7 Å². The van der Waals surface area contributed by atoms with Crippen molar-refractivity contribution in [1.29, 1.82) is 5.26 Å². The molecule has 2 rings (SSSR count). The van der Waals surface area contributed by atoms with Crippen LogP contribution in [0.1, 0.15) is 37.8 Å². The number of hydrogen-bond donors (Lipinski definition) is 2. The summed E-state index contributed by atoms with van der Waals surface area (Å²) in [5.74, 6) is -2.57. The van der Waals surface area contributed by atoms with Gasteiger partial charge in [0.15, 0.2) is 0 Å². The van der Waals surface area contributed by atoms with E-state index in [4.69, 9.17) is 29.3 Å². The van der Waals surface area contributed by atoms with Crippen LogP contribution in [0.5, 0.6) is 17.2 Å². The number of methoxy groups -OCH3 is 2. The van der Waals surface area contributed by atoms with Crippen LogP contribution in [0.4, 0.5) is 13.2 Å². The molecule has 0 amide bonds. The fourth-order valence-electron chi connectivity index (χ4n) is 4.06. The molecule has 0 heterocycles. The molecule has 0 aliphatic carbocycles. The van der Waals surface area contributed by atoms with Gasteiger partial charge in [0.05, 0.1) is 25.7 Å². The van der Waals surface area contributed by atoms with Crippen LogP contribution in [-0.2, 0) is 21.4 Å². The summed E-state index contributed by atoms with van der Waals surface area (Å²) in [5, 5.41) is 24.9. The highest BCUT2D eigenvalue weighted by Gasteiger charge is 2.37. The Morgan fingerprint density at radius 3 is 2.00 bits per heavy atom. The lowest BCUT2D eigenvalue weighted by atomic mass is 9.70. The fourth-order valence-corrected chi connectivity index (χ4v) is 4.06. The highest BCUT2D eigenvalue weighted by molar-refractivity contribution is 6.27. The fraction of sp³-hybridized carbons (Fsp3) is 0.464. The summed E-state index contributed by atoms with van der Waals surface area (Å²) in [5.41, 5.74) is 0.724. The molecule has 0 spiro atoms. The predicted octanol–water partition coefficient (Wildman–Crippen LogP) is 5.13. The third kappa shape index (κ3) is 11.0. The lowest BCUT2D eigenvalue weighted by Gasteiger charge is -2.32. The molecule has 220 valence electrons. The Labute approximate surface area is 231 Å². The Kier molecular flexibility index (Phi) is 13.3. The zero-order valence-electron chi connectivity index (χ0n) is 23.1. The largest absolute Gasteiger partial charge is 0.573 e. The van der Waals surface area contributed by atoms with Crippen LogP contribution in [0, 0.1) is 17.2 Å². The van der Waals surface area contributed by atoms with Gasteiger partial charge in [-0.2, -0.15) is 5.26 Å². The Hall–Kier alpha value is -3.98. The van der Waals surface area contributed by atoms with E-state index in [0.29, 0.717) is 18.4 Å². The zero-order valence-corrected chi connectivity index (χ0v) is 23.1. The Bertz CT molecular complexity index is 1130. The second-order valence-corrected chi connectivity index (χ2v) is 9.30. The maximum absolute atomic E-state index is 12.7.